The predicted molar refractivity (Wildman–Crippen MR) is 116 cm³/mol. The Bertz CT molecular complexity index is 907. The second-order valence-electron chi connectivity index (χ2n) is 8.28. The zero-order valence-corrected chi connectivity index (χ0v) is 18.0. The average molecular weight is 429 g/mol. The lowest BCUT2D eigenvalue weighted by Gasteiger charge is -2.36. The minimum atomic E-state index is -0.827. The van der Waals surface area contributed by atoms with Crippen LogP contribution in [0.1, 0.15) is 55.0 Å². The number of carbonyl (C=O) groups excluding carboxylic acids is 1. The minimum absolute atomic E-state index is 0.0306. The molecule has 0 spiro atoms. The number of pyridine rings is 1. The maximum Gasteiger partial charge on any atom is 0.307 e. The highest BCUT2D eigenvalue weighted by Crippen LogP contribution is 2.34. The molecule has 0 unspecified atom stereocenters. The molecule has 1 saturated heterocycles. The minimum Gasteiger partial charge on any atom is -0.481 e. The summed E-state index contributed by atoms with van der Waals surface area (Å²) >= 11 is 1.59. The summed E-state index contributed by atoms with van der Waals surface area (Å²) in [7, 11) is 0. The van der Waals surface area contributed by atoms with Gasteiger partial charge in [-0.3, -0.25) is 9.59 Å². The summed E-state index contributed by atoms with van der Waals surface area (Å²) in [5.41, 5.74) is 1.03. The Morgan fingerprint density at radius 1 is 1.13 bits per heavy atom. The van der Waals surface area contributed by atoms with Crippen molar-refractivity contribution in [3.05, 3.63) is 35.0 Å². The van der Waals surface area contributed by atoms with Crippen LogP contribution in [-0.2, 0) is 9.59 Å². The number of hydrogen-bond acceptors (Lipinski definition) is 6. The molecule has 2 fully saturated rings. The van der Waals surface area contributed by atoms with Gasteiger partial charge in [0.25, 0.3) is 0 Å². The number of nitrogens with one attached hydrogen (secondary N) is 1. The van der Waals surface area contributed by atoms with Gasteiger partial charge in [0.15, 0.2) is 5.13 Å². The van der Waals surface area contributed by atoms with Crippen LogP contribution in [-0.4, -0.2) is 44.9 Å². The van der Waals surface area contributed by atoms with E-state index in [0.29, 0.717) is 31.8 Å². The van der Waals surface area contributed by atoms with Crippen LogP contribution < -0.4 is 5.32 Å². The van der Waals surface area contributed by atoms with Crippen LogP contribution in [0.2, 0.25) is 0 Å². The van der Waals surface area contributed by atoms with Crippen molar-refractivity contribution in [2.45, 2.75) is 51.4 Å². The van der Waals surface area contributed by atoms with E-state index in [1.54, 1.807) is 11.3 Å². The van der Waals surface area contributed by atoms with Gasteiger partial charge < -0.3 is 15.3 Å². The van der Waals surface area contributed by atoms with Gasteiger partial charge in [-0.2, -0.15) is 0 Å². The number of piperidine rings is 1. The number of amides is 1. The molecular weight excluding hydrogens is 400 g/mol. The number of nitrogens with zero attached hydrogens (tertiary/aromatic N) is 3. The largest absolute Gasteiger partial charge is 0.481 e. The number of thiazole rings is 1. The number of aliphatic carboxylic acids is 1. The van der Waals surface area contributed by atoms with E-state index in [1.807, 2.05) is 36.2 Å². The highest BCUT2D eigenvalue weighted by molar-refractivity contribution is 7.15. The molecule has 2 atom stereocenters. The molecule has 2 aromatic rings. The van der Waals surface area contributed by atoms with Gasteiger partial charge in [-0.1, -0.05) is 18.9 Å². The van der Waals surface area contributed by atoms with E-state index in [2.05, 4.69) is 10.3 Å². The fourth-order valence-corrected chi connectivity index (χ4v) is 5.29. The summed E-state index contributed by atoms with van der Waals surface area (Å²) < 4.78 is 0. The Kier molecular flexibility index (Phi) is 6.32. The Hall–Kier alpha value is -2.48. The molecule has 8 heteroatoms. The first-order valence-electron chi connectivity index (χ1n) is 10.7. The third-order valence-corrected chi connectivity index (χ3v) is 7.08. The van der Waals surface area contributed by atoms with Gasteiger partial charge in [-0.05, 0) is 44.7 Å². The number of rotatable bonds is 5. The zero-order chi connectivity index (χ0) is 21.1. The Morgan fingerprint density at radius 3 is 2.53 bits per heavy atom. The van der Waals surface area contributed by atoms with Crippen LogP contribution in [0.5, 0.6) is 0 Å². The van der Waals surface area contributed by atoms with Crippen molar-refractivity contribution < 1.29 is 14.7 Å². The van der Waals surface area contributed by atoms with Crippen molar-refractivity contribution in [1.29, 1.82) is 0 Å². The summed E-state index contributed by atoms with van der Waals surface area (Å²) in [5, 5.41) is 13.6. The molecule has 160 valence electrons. The third-order valence-electron chi connectivity index (χ3n) is 6.25. The highest BCUT2D eigenvalue weighted by atomic mass is 32.1. The van der Waals surface area contributed by atoms with Crippen molar-refractivity contribution in [1.82, 2.24) is 14.9 Å². The second-order valence-corrected chi connectivity index (χ2v) is 9.52. The number of likely N-dealkylation sites (tertiary alicyclic amines) is 1. The molecule has 2 N–H and O–H groups in total. The number of aryl methyl sites for hydroxylation is 1. The molecule has 7 nitrogen and oxygen atoms in total. The first kappa shape index (κ1) is 20.8. The van der Waals surface area contributed by atoms with E-state index in [-0.39, 0.29) is 11.8 Å². The number of aromatic nitrogens is 2. The van der Waals surface area contributed by atoms with Gasteiger partial charge in [-0.15, -0.1) is 11.3 Å². The highest BCUT2D eigenvalue weighted by Gasteiger charge is 2.38. The fraction of sp³-hybridized carbons (Fsp3) is 0.545. The van der Waals surface area contributed by atoms with Crippen LogP contribution in [0.4, 0.5) is 10.9 Å². The molecule has 2 aliphatic rings. The molecular formula is C22H28N4O3S. The molecule has 0 aromatic carbocycles. The zero-order valence-electron chi connectivity index (χ0n) is 17.2. The van der Waals surface area contributed by atoms with Gasteiger partial charge in [0.1, 0.15) is 5.82 Å². The molecule has 3 heterocycles. The monoisotopic (exact) mass is 428 g/mol. The molecule has 1 saturated carbocycles. The van der Waals surface area contributed by atoms with Crippen LogP contribution in [0.3, 0.4) is 0 Å². The van der Waals surface area contributed by atoms with Crippen molar-refractivity contribution in [2.24, 2.45) is 11.8 Å². The standard InChI is InChI=1S/C22H28N4O3S/c1-14-13-23-22(30-14)25-19-8-4-7-18(24-19)15-9-11-26(12-10-15)20(27)16-5-2-3-6-17(16)21(28)29/h4,7-8,13,15-17H,2-3,5-6,9-12H2,1H3,(H,28,29)(H,23,24,25)/t16-,17+/m0/s1. The molecule has 0 radical (unpaired) electrons. The summed E-state index contributed by atoms with van der Waals surface area (Å²) in [6.07, 6.45) is 6.70. The number of carboxylic acid groups (broad SMARTS) is 1. The Morgan fingerprint density at radius 2 is 1.87 bits per heavy atom. The molecule has 4 rings (SSSR count). The topological polar surface area (TPSA) is 95.4 Å². The lowest BCUT2D eigenvalue weighted by molar-refractivity contribution is -0.152. The average Bonchev–Trinajstić information content (AvgIpc) is 3.18. The Balaban J connectivity index is 1.37. The molecule has 2 aromatic heterocycles. The summed E-state index contributed by atoms with van der Waals surface area (Å²) in [4.78, 5) is 36.7. The number of anilines is 2. The number of hydrogen-bond donors (Lipinski definition) is 2. The summed E-state index contributed by atoms with van der Waals surface area (Å²) in [6, 6.07) is 5.98. The SMILES string of the molecule is Cc1cnc(Nc2cccc(C3CCN(C(=O)[C@H]4CCCC[C@H]4C(=O)O)CC3)n2)s1. The summed E-state index contributed by atoms with van der Waals surface area (Å²) in [6.45, 7) is 3.35. The van der Waals surface area contributed by atoms with Crippen molar-refractivity contribution in [2.75, 3.05) is 18.4 Å². The lowest BCUT2D eigenvalue weighted by Crippen LogP contribution is -2.45. The number of carboxylic acids is 1. The van der Waals surface area contributed by atoms with E-state index >= 15 is 0 Å². The van der Waals surface area contributed by atoms with E-state index in [1.165, 1.54) is 0 Å². The van der Waals surface area contributed by atoms with Crippen LogP contribution >= 0.6 is 11.3 Å². The van der Waals surface area contributed by atoms with Gasteiger partial charge in [0, 0.05) is 35.8 Å². The van der Waals surface area contributed by atoms with Gasteiger partial charge in [0.05, 0.1) is 11.8 Å². The van der Waals surface area contributed by atoms with E-state index in [9.17, 15) is 14.7 Å². The fourth-order valence-electron chi connectivity index (χ4n) is 4.62. The smallest absolute Gasteiger partial charge is 0.307 e. The van der Waals surface area contributed by atoms with E-state index < -0.39 is 11.9 Å². The van der Waals surface area contributed by atoms with Crippen molar-refractivity contribution in [3.8, 4) is 0 Å². The van der Waals surface area contributed by atoms with Crippen LogP contribution in [0.15, 0.2) is 24.4 Å². The predicted octanol–water partition coefficient (Wildman–Crippen LogP) is 4.19. The van der Waals surface area contributed by atoms with Crippen LogP contribution in [0, 0.1) is 18.8 Å². The molecule has 1 aliphatic carbocycles. The van der Waals surface area contributed by atoms with E-state index in [4.69, 9.17) is 4.98 Å². The lowest BCUT2D eigenvalue weighted by atomic mass is 9.78. The first-order chi connectivity index (χ1) is 14.5. The van der Waals surface area contributed by atoms with E-state index in [0.717, 1.165) is 47.2 Å². The second kappa shape index (κ2) is 9.12. The maximum absolute atomic E-state index is 13.0. The molecule has 1 aliphatic heterocycles. The van der Waals surface area contributed by atoms with Gasteiger partial charge >= 0.3 is 5.97 Å². The molecule has 0 bridgehead atoms. The number of carbonyl (C=O) groups is 2. The summed E-state index contributed by atoms with van der Waals surface area (Å²) in [5.74, 6) is -0.597. The third kappa shape index (κ3) is 4.64. The molecule has 1 amide bonds. The maximum atomic E-state index is 13.0. The van der Waals surface area contributed by atoms with Crippen molar-refractivity contribution >= 4 is 34.2 Å². The van der Waals surface area contributed by atoms with Crippen LogP contribution in [0.25, 0.3) is 0 Å². The van der Waals surface area contributed by atoms with Gasteiger partial charge in [0.2, 0.25) is 5.91 Å². The molecule has 30 heavy (non-hydrogen) atoms. The van der Waals surface area contributed by atoms with Gasteiger partial charge in [-0.25, -0.2) is 9.97 Å². The quantitative estimate of drug-likeness (QED) is 0.741. The normalized spacial score (nSPS) is 22.6. The Labute approximate surface area is 180 Å². The first-order valence-corrected chi connectivity index (χ1v) is 11.5. The van der Waals surface area contributed by atoms with Crippen molar-refractivity contribution in [3.63, 3.8) is 0 Å².